The second-order valence-corrected chi connectivity index (χ2v) is 7.72. The summed E-state index contributed by atoms with van der Waals surface area (Å²) < 4.78 is 76.9. The van der Waals surface area contributed by atoms with Crippen LogP contribution in [0.4, 0.5) is 26.3 Å². The molecule has 30 heavy (non-hydrogen) atoms. The molecule has 1 unspecified atom stereocenters. The van der Waals surface area contributed by atoms with E-state index in [4.69, 9.17) is 4.84 Å². The molecule has 0 N–H and O–H groups in total. The number of benzene rings is 2. The minimum Gasteiger partial charge on any atom is -0.387 e. The van der Waals surface area contributed by atoms with Crippen molar-refractivity contribution in [1.82, 2.24) is 4.90 Å². The summed E-state index contributed by atoms with van der Waals surface area (Å²) in [6.45, 7) is 1.62. The molecule has 1 fully saturated rings. The molecule has 1 atom stereocenters. The fraction of sp³-hybridized carbons (Fsp3) is 0.381. The summed E-state index contributed by atoms with van der Waals surface area (Å²) >= 11 is 0. The maximum Gasteiger partial charge on any atom is 0.416 e. The van der Waals surface area contributed by atoms with Crippen LogP contribution in [0.1, 0.15) is 35.1 Å². The molecule has 2 aromatic carbocycles. The summed E-state index contributed by atoms with van der Waals surface area (Å²) in [5.41, 5.74) is -0.450. The third kappa shape index (κ3) is 4.30. The van der Waals surface area contributed by atoms with Crippen molar-refractivity contribution in [2.45, 2.75) is 37.3 Å². The largest absolute Gasteiger partial charge is 0.416 e. The molecule has 2 aliphatic rings. The second-order valence-electron chi connectivity index (χ2n) is 7.72. The van der Waals surface area contributed by atoms with Crippen LogP contribution >= 0.6 is 0 Å². The van der Waals surface area contributed by atoms with Crippen molar-refractivity contribution >= 4 is 5.71 Å². The Morgan fingerprint density at radius 1 is 0.933 bits per heavy atom. The van der Waals surface area contributed by atoms with E-state index in [0.717, 1.165) is 29.8 Å². The van der Waals surface area contributed by atoms with Crippen LogP contribution in [0.3, 0.4) is 0 Å². The molecule has 0 amide bonds. The molecule has 0 bridgehead atoms. The Bertz CT molecular complexity index is 951. The van der Waals surface area contributed by atoms with E-state index < -0.39 is 29.1 Å². The SMILES string of the molecule is FC(F)(F)c1ccc(CN2CCC3(CC(c4cccc(C(F)(F)F)c4)=NO3)C2)cc1. The third-order valence-electron chi connectivity index (χ3n) is 5.45. The fourth-order valence-corrected chi connectivity index (χ4v) is 3.89. The summed E-state index contributed by atoms with van der Waals surface area (Å²) in [5, 5.41) is 4.04. The van der Waals surface area contributed by atoms with Gasteiger partial charge in [-0.3, -0.25) is 4.90 Å². The van der Waals surface area contributed by atoms with Crippen molar-refractivity contribution < 1.29 is 31.2 Å². The molecule has 2 aliphatic heterocycles. The Kier molecular flexibility index (Phi) is 5.04. The zero-order valence-electron chi connectivity index (χ0n) is 15.7. The highest BCUT2D eigenvalue weighted by atomic mass is 19.4. The van der Waals surface area contributed by atoms with Gasteiger partial charge >= 0.3 is 12.4 Å². The van der Waals surface area contributed by atoms with E-state index in [2.05, 4.69) is 5.16 Å². The van der Waals surface area contributed by atoms with Crippen LogP contribution in [-0.2, 0) is 23.7 Å². The van der Waals surface area contributed by atoms with Gasteiger partial charge in [0, 0.05) is 38.0 Å². The standard InChI is InChI=1S/C21H18F6N2O/c22-20(23,24)16-6-4-14(5-7-16)12-29-9-8-19(13-29)11-18(28-30-19)15-2-1-3-17(10-15)21(25,26)27/h1-7,10H,8-9,11-13H2. The molecule has 9 heteroatoms. The van der Waals surface area contributed by atoms with E-state index in [1.54, 1.807) is 6.07 Å². The van der Waals surface area contributed by atoms with Gasteiger partial charge in [0.1, 0.15) is 0 Å². The van der Waals surface area contributed by atoms with Gasteiger partial charge in [-0.1, -0.05) is 29.4 Å². The van der Waals surface area contributed by atoms with Crippen molar-refractivity contribution in [3.63, 3.8) is 0 Å². The average molecular weight is 428 g/mol. The predicted octanol–water partition coefficient (Wildman–Crippen LogP) is 5.49. The number of hydrogen-bond acceptors (Lipinski definition) is 3. The molecule has 1 saturated heterocycles. The van der Waals surface area contributed by atoms with E-state index in [-0.39, 0.29) is 0 Å². The van der Waals surface area contributed by atoms with E-state index in [0.29, 0.717) is 43.8 Å². The fourth-order valence-electron chi connectivity index (χ4n) is 3.89. The average Bonchev–Trinajstić information content (AvgIpc) is 3.28. The van der Waals surface area contributed by atoms with Crippen molar-refractivity contribution in [2.24, 2.45) is 5.16 Å². The van der Waals surface area contributed by atoms with Crippen molar-refractivity contribution in [3.8, 4) is 0 Å². The maximum absolute atomic E-state index is 13.0. The number of oxime groups is 1. The van der Waals surface area contributed by atoms with E-state index in [1.807, 2.05) is 4.90 Å². The van der Waals surface area contributed by atoms with Gasteiger partial charge in [0.2, 0.25) is 0 Å². The molecule has 0 radical (unpaired) electrons. The number of rotatable bonds is 3. The van der Waals surface area contributed by atoms with Gasteiger partial charge in [0.25, 0.3) is 0 Å². The zero-order valence-corrected chi connectivity index (χ0v) is 15.7. The van der Waals surface area contributed by atoms with Crippen molar-refractivity contribution in [1.29, 1.82) is 0 Å². The molecule has 2 aromatic rings. The Morgan fingerprint density at radius 2 is 1.63 bits per heavy atom. The van der Waals surface area contributed by atoms with Gasteiger partial charge in [-0.2, -0.15) is 26.3 Å². The summed E-state index contributed by atoms with van der Waals surface area (Å²) in [6, 6.07) is 10.0. The van der Waals surface area contributed by atoms with Crippen LogP contribution in [0, 0.1) is 0 Å². The number of hydrogen-bond donors (Lipinski definition) is 0. The highest BCUT2D eigenvalue weighted by Crippen LogP contribution is 2.37. The smallest absolute Gasteiger partial charge is 0.387 e. The quantitative estimate of drug-likeness (QED) is 0.604. The first-order valence-corrected chi connectivity index (χ1v) is 9.35. The normalized spacial score (nSPS) is 22.4. The van der Waals surface area contributed by atoms with Gasteiger partial charge in [-0.25, -0.2) is 0 Å². The summed E-state index contributed by atoms with van der Waals surface area (Å²) in [4.78, 5) is 7.69. The van der Waals surface area contributed by atoms with Gasteiger partial charge in [-0.15, -0.1) is 0 Å². The van der Waals surface area contributed by atoms with E-state index in [1.165, 1.54) is 18.2 Å². The first-order chi connectivity index (χ1) is 14.0. The first kappa shape index (κ1) is 20.7. The van der Waals surface area contributed by atoms with Crippen LogP contribution in [0.2, 0.25) is 0 Å². The molecular formula is C21H18F6N2O. The van der Waals surface area contributed by atoms with Gasteiger partial charge in [-0.05, 0) is 29.8 Å². The number of nitrogens with zero attached hydrogens (tertiary/aromatic N) is 2. The second kappa shape index (κ2) is 7.30. The monoisotopic (exact) mass is 428 g/mol. The Hall–Kier alpha value is -2.55. The van der Waals surface area contributed by atoms with Crippen molar-refractivity contribution in [3.05, 3.63) is 70.8 Å². The van der Waals surface area contributed by atoms with Gasteiger partial charge < -0.3 is 4.84 Å². The van der Waals surface area contributed by atoms with Gasteiger partial charge in [0.15, 0.2) is 5.60 Å². The highest BCUT2D eigenvalue weighted by molar-refractivity contribution is 6.01. The molecular weight excluding hydrogens is 410 g/mol. The summed E-state index contributed by atoms with van der Waals surface area (Å²) in [5.74, 6) is 0. The van der Waals surface area contributed by atoms with E-state index in [9.17, 15) is 26.3 Å². The molecule has 3 nitrogen and oxygen atoms in total. The van der Waals surface area contributed by atoms with Crippen LogP contribution in [0.5, 0.6) is 0 Å². The number of alkyl halides is 6. The number of halogens is 6. The summed E-state index contributed by atoms with van der Waals surface area (Å²) in [7, 11) is 0. The molecule has 2 heterocycles. The lowest BCUT2D eigenvalue weighted by molar-refractivity contribution is -0.138. The molecule has 0 saturated carbocycles. The third-order valence-corrected chi connectivity index (χ3v) is 5.45. The van der Waals surface area contributed by atoms with Gasteiger partial charge in [0.05, 0.1) is 16.8 Å². The van der Waals surface area contributed by atoms with Crippen LogP contribution in [0.25, 0.3) is 0 Å². The lowest BCUT2D eigenvalue weighted by Crippen LogP contribution is -2.33. The molecule has 1 spiro atoms. The molecule has 0 aliphatic carbocycles. The van der Waals surface area contributed by atoms with Crippen LogP contribution < -0.4 is 0 Å². The predicted molar refractivity (Wildman–Crippen MR) is 97.8 cm³/mol. The van der Waals surface area contributed by atoms with Crippen molar-refractivity contribution in [2.75, 3.05) is 13.1 Å². The topological polar surface area (TPSA) is 24.8 Å². The highest BCUT2D eigenvalue weighted by Gasteiger charge is 2.45. The van der Waals surface area contributed by atoms with Crippen LogP contribution in [-0.4, -0.2) is 29.3 Å². The van der Waals surface area contributed by atoms with E-state index >= 15 is 0 Å². The minimum atomic E-state index is -4.43. The Balaban J connectivity index is 1.39. The molecule has 160 valence electrons. The lowest BCUT2D eigenvalue weighted by Gasteiger charge is -2.22. The molecule has 4 rings (SSSR count). The molecule has 0 aromatic heterocycles. The minimum absolute atomic E-state index is 0.378. The first-order valence-electron chi connectivity index (χ1n) is 9.35. The Labute approximate surface area is 168 Å². The summed E-state index contributed by atoms with van der Waals surface area (Å²) in [6.07, 6.45) is -7.78. The Morgan fingerprint density at radius 3 is 2.30 bits per heavy atom. The van der Waals surface area contributed by atoms with Crippen LogP contribution in [0.15, 0.2) is 53.7 Å². The maximum atomic E-state index is 13.0. The zero-order chi connectivity index (χ0) is 21.6. The lowest BCUT2D eigenvalue weighted by atomic mass is 9.93. The number of likely N-dealkylation sites (tertiary alicyclic amines) is 1.